The molecule has 1 saturated heterocycles. The molecule has 148 valence electrons. The molecule has 7 nitrogen and oxygen atoms in total. The van der Waals surface area contributed by atoms with Crippen molar-refractivity contribution in [1.29, 1.82) is 0 Å². The Balaban J connectivity index is 1.65. The second kappa shape index (κ2) is 8.14. The van der Waals surface area contributed by atoms with Crippen LogP contribution in [0.25, 0.3) is 0 Å². The molecule has 1 amide bonds. The van der Waals surface area contributed by atoms with Crippen molar-refractivity contribution in [3.8, 4) is 11.8 Å². The molecule has 1 atom stereocenters. The zero-order valence-electron chi connectivity index (χ0n) is 16.3. The summed E-state index contributed by atoms with van der Waals surface area (Å²) in [6.07, 6.45) is 5.83. The number of ether oxygens (including phenoxy) is 3. The molecule has 3 heterocycles. The van der Waals surface area contributed by atoms with Gasteiger partial charge in [-0.2, -0.15) is 0 Å². The summed E-state index contributed by atoms with van der Waals surface area (Å²) in [6.45, 7) is 2.08. The van der Waals surface area contributed by atoms with Gasteiger partial charge in [-0.15, -0.1) is 0 Å². The predicted octanol–water partition coefficient (Wildman–Crippen LogP) is 2.49. The van der Waals surface area contributed by atoms with Crippen LogP contribution < -0.4 is 9.47 Å². The minimum Gasteiger partial charge on any atom is -0.497 e. The number of rotatable bonds is 4. The number of fused-ring (bicyclic) bond motifs is 1. The molecule has 0 bridgehead atoms. The standard InChI is InChI=1S/C21H25N3O4/c1-26-18-4-3-15-13-24(20(25)17-11-22-21(27-2)23-12-17)19(10-16(15)9-18)14-5-7-28-8-6-14/h3-4,9,11-12,14,19H,5-8,10,13H2,1-2H3/t19-/m0/s1. The Kier molecular flexibility index (Phi) is 5.43. The molecule has 1 aromatic heterocycles. The molecule has 0 aliphatic carbocycles. The third-order valence-corrected chi connectivity index (χ3v) is 5.71. The van der Waals surface area contributed by atoms with E-state index in [4.69, 9.17) is 14.2 Å². The van der Waals surface area contributed by atoms with Crippen molar-refractivity contribution in [2.75, 3.05) is 27.4 Å². The lowest BCUT2D eigenvalue weighted by Crippen LogP contribution is -2.49. The van der Waals surface area contributed by atoms with Gasteiger partial charge in [0.15, 0.2) is 0 Å². The minimum absolute atomic E-state index is 0.0411. The fraction of sp³-hybridized carbons (Fsp3) is 0.476. The Labute approximate surface area is 164 Å². The van der Waals surface area contributed by atoms with Crippen molar-refractivity contribution in [2.45, 2.75) is 31.8 Å². The van der Waals surface area contributed by atoms with Crippen LogP contribution in [0.1, 0.15) is 34.3 Å². The lowest BCUT2D eigenvalue weighted by molar-refractivity contribution is 0.0179. The third-order valence-electron chi connectivity index (χ3n) is 5.71. The summed E-state index contributed by atoms with van der Waals surface area (Å²) in [5.74, 6) is 1.23. The van der Waals surface area contributed by atoms with Gasteiger partial charge in [0, 0.05) is 38.2 Å². The smallest absolute Gasteiger partial charge is 0.316 e. The van der Waals surface area contributed by atoms with E-state index in [9.17, 15) is 4.79 Å². The number of nitrogens with zero attached hydrogens (tertiary/aromatic N) is 3. The summed E-state index contributed by atoms with van der Waals surface area (Å²) >= 11 is 0. The molecule has 0 N–H and O–H groups in total. The molecule has 0 unspecified atom stereocenters. The fourth-order valence-electron chi connectivity index (χ4n) is 4.15. The van der Waals surface area contributed by atoms with E-state index in [2.05, 4.69) is 22.1 Å². The quantitative estimate of drug-likeness (QED) is 0.808. The number of hydrogen-bond donors (Lipinski definition) is 0. The van der Waals surface area contributed by atoms with Gasteiger partial charge in [-0.05, 0) is 48.4 Å². The predicted molar refractivity (Wildman–Crippen MR) is 102 cm³/mol. The molecule has 1 aromatic carbocycles. The number of aromatic nitrogens is 2. The van der Waals surface area contributed by atoms with Crippen LogP contribution in [0.3, 0.4) is 0 Å². The molecule has 0 spiro atoms. The number of methoxy groups -OCH3 is 2. The van der Waals surface area contributed by atoms with Gasteiger partial charge in [-0.3, -0.25) is 4.79 Å². The maximum Gasteiger partial charge on any atom is 0.316 e. The van der Waals surface area contributed by atoms with Gasteiger partial charge in [-0.1, -0.05) is 6.07 Å². The maximum absolute atomic E-state index is 13.3. The van der Waals surface area contributed by atoms with Crippen molar-refractivity contribution < 1.29 is 19.0 Å². The highest BCUT2D eigenvalue weighted by Crippen LogP contribution is 2.34. The first kappa shape index (κ1) is 18.7. The molecular weight excluding hydrogens is 358 g/mol. The van der Waals surface area contributed by atoms with Gasteiger partial charge in [-0.25, -0.2) is 9.97 Å². The molecule has 2 aliphatic heterocycles. The van der Waals surface area contributed by atoms with Gasteiger partial charge < -0.3 is 19.1 Å². The Morgan fingerprint density at radius 1 is 1.11 bits per heavy atom. The molecule has 0 saturated carbocycles. The second-order valence-electron chi connectivity index (χ2n) is 7.25. The van der Waals surface area contributed by atoms with Gasteiger partial charge >= 0.3 is 6.01 Å². The van der Waals surface area contributed by atoms with Crippen molar-refractivity contribution in [1.82, 2.24) is 14.9 Å². The number of benzene rings is 1. The van der Waals surface area contributed by atoms with E-state index in [1.54, 1.807) is 19.5 Å². The van der Waals surface area contributed by atoms with Crippen LogP contribution in [-0.4, -0.2) is 54.3 Å². The highest BCUT2D eigenvalue weighted by atomic mass is 16.5. The van der Waals surface area contributed by atoms with Crippen LogP contribution in [0.2, 0.25) is 0 Å². The first-order chi connectivity index (χ1) is 13.7. The first-order valence-corrected chi connectivity index (χ1v) is 9.60. The van der Waals surface area contributed by atoms with Crippen molar-refractivity contribution in [3.05, 3.63) is 47.3 Å². The Bertz CT molecular complexity index is 834. The summed E-state index contributed by atoms with van der Waals surface area (Å²) in [7, 11) is 3.19. The topological polar surface area (TPSA) is 73.8 Å². The number of carbonyl (C=O) groups excluding carboxylic acids is 1. The summed E-state index contributed by atoms with van der Waals surface area (Å²) in [4.78, 5) is 23.5. The average molecular weight is 383 g/mol. The lowest BCUT2D eigenvalue weighted by atomic mass is 9.82. The monoisotopic (exact) mass is 383 g/mol. The maximum atomic E-state index is 13.3. The van der Waals surface area contributed by atoms with Gasteiger partial charge in [0.05, 0.1) is 19.8 Å². The molecule has 7 heteroatoms. The van der Waals surface area contributed by atoms with Crippen LogP contribution in [-0.2, 0) is 17.7 Å². The summed E-state index contributed by atoms with van der Waals surface area (Å²) in [5.41, 5.74) is 2.90. The van der Waals surface area contributed by atoms with Crippen LogP contribution >= 0.6 is 0 Å². The Morgan fingerprint density at radius 3 is 2.54 bits per heavy atom. The molecular formula is C21H25N3O4. The van der Waals surface area contributed by atoms with E-state index in [-0.39, 0.29) is 18.0 Å². The molecule has 1 fully saturated rings. The van der Waals surface area contributed by atoms with E-state index in [1.165, 1.54) is 12.7 Å². The Hall–Kier alpha value is -2.67. The zero-order chi connectivity index (χ0) is 19.5. The van der Waals surface area contributed by atoms with E-state index in [0.717, 1.165) is 43.8 Å². The molecule has 2 aromatic rings. The molecule has 4 rings (SSSR count). The van der Waals surface area contributed by atoms with Crippen molar-refractivity contribution in [2.24, 2.45) is 5.92 Å². The SMILES string of the molecule is COc1ccc2c(c1)C[C@@H](C1CCOCC1)N(C(=O)c1cnc(OC)nc1)C2. The van der Waals surface area contributed by atoms with Gasteiger partial charge in [0.2, 0.25) is 0 Å². The summed E-state index contributed by atoms with van der Waals surface area (Å²) in [6, 6.07) is 6.48. The number of hydrogen-bond acceptors (Lipinski definition) is 6. The van der Waals surface area contributed by atoms with Gasteiger partial charge in [0.1, 0.15) is 5.75 Å². The third kappa shape index (κ3) is 3.67. The molecule has 28 heavy (non-hydrogen) atoms. The van der Waals surface area contributed by atoms with Crippen molar-refractivity contribution >= 4 is 5.91 Å². The molecule has 2 aliphatic rings. The summed E-state index contributed by atoms with van der Waals surface area (Å²) < 4.78 is 15.9. The molecule has 0 radical (unpaired) electrons. The van der Waals surface area contributed by atoms with Crippen molar-refractivity contribution in [3.63, 3.8) is 0 Å². The Morgan fingerprint density at radius 2 is 1.86 bits per heavy atom. The first-order valence-electron chi connectivity index (χ1n) is 9.60. The number of carbonyl (C=O) groups is 1. The van der Waals surface area contributed by atoms with Crippen LogP contribution in [0.15, 0.2) is 30.6 Å². The second-order valence-corrected chi connectivity index (χ2v) is 7.25. The fourth-order valence-corrected chi connectivity index (χ4v) is 4.15. The van der Waals surface area contributed by atoms with E-state index >= 15 is 0 Å². The lowest BCUT2D eigenvalue weighted by Gasteiger charge is -2.42. The summed E-state index contributed by atoms with van der Waals surface area (Å²) in [5, 5.41) is 0. The van der Waals surface area contributed by atoms with Crippen LogP contribution in [0.5, 0.6) is 11.8 Å². The van der Waals surface area contributed by atoms with Crippen LogP contribution in [0.4, 0.5) is 0 Å². The minimum atomic E-state index is -0.0411. The zero-order valence-corrected chi connectivity index (χ0v) is 16.3. The highest BCUT2D eigenvalue weighted by molar-refractivity contribution is 5.94. The van der Waals surface area contributed by atoms with Gasteiger partial charge in [0.25, 0.3) is 5.91 Å². The largest absolute Gasteiger partial charge is 0.497 e. The van der Waals surface area contributed by atoms with E-state index in [1.807, 2.05) is 11.0 Å². The average Bonchev–Trinajstić information content (AvgIpc) is 2.78. The van der Waals surface area contributed by atoms with E-state index < -0.39 is 0 Å². The normalized spacial score (nSPS) is 19.8. The van der Waals surface area contributed by atoms with Crippen LogP contribution in [0, 0.1) is 5.92 Å². The number of amides is 1. The highest BCUT2D eigenvalue weighted by Gasteiger charge is 2.36. The van der Waals surface area contributed by atoms with E-state index in [0.29, 0.717) is 18.0 Å².